The van der Waals surface area contributed by atoms with E-state index >= 15 is 0 Å². The molecule has 1 N–H and O–H groups in total. The summed E-state index contributed by atoms with van der Waals surface area (Å²) in [5.41, 5.74) is 0. The average molecular weight is 237 g/mol. The van der Waals surface area contributed by atoms with Gasteiger partial charge in [-0.3, -0.25) is 4.79 Å². The number of piperazine rings is 1. The summed E-state index contributed by atoms with van der Waals surface area (Å²) in [4.78, 5) is 17.2. The van der Waals surface area contributed by atoms with E-state index < -0.39 is 0 Å². The predicted octanol–water partition coefficient (Wildman–Crippen LogP) is 0.291. The summed E-state index contributed by atoms with van der Waals surface area (Å²) in [6.45, 7) is 4.18. The van der Waals surface area contributed by atoms with Crippen LogP contribution in [0.15, 0.2) is 0 Å². The van der Waals surface area contributed by atoms with E-state index in [0.29, 0.717) is 23.9 Å². The van der Waals surface area contributed by atoms with Crippen LogP contribution in [-0.4, -0.2) is 61.0 Å². The summed E-state index contributed by atoms with van der Waals surface area (Å²) in [6.07, 6.45) is 4.52. The molecule has 0 aromatic heterocycles. The lowest BCUT2D eigenvalue weighted by molar-refractivity contribution is -0.140. The van der Waals surface area contributed by atoms with Gasteiger partial charge in [0.05, 0.1) is 0 Å². The maximum absolute atomic E-state index is 12.6. The number of carbonyl (C=O) groups excluding carboxylic acids is 1. The lowest BCUT2D eigenvalue weighted by atomic mass is 9.94. The molecule has 1 amide bonds. The van der Waals surface area contributed by atoms with Gasteiger partial charge in [0.2, 0.25) is 5.91 Å². The van der Waals surface area contributed by atoms with Crippen molar-refractivity contribution in [1.29, 1.82) is 0 Å². The maximum atomic E-state index is 12.6. The molecule has 2 unspecified atom stereocenters. The Labute approximate surface area is 103 Å². The molecule has 0 spiro atoms. The Morgan fingerprint density at radius 2 is 1.65 bits per heavy atom. The molecule has 96 valence electrons. The number of amides is 1. The molecule has 3 heterocycles. The molecular weight excluding hydrogens is 214 g/mol. The van der Waals surface area contributed by atoms with Crippen molar-refractivity contribution in [2.75, 3.05) is 33.2 Å². The molecule has 0 saturated carbocycles. The second kappa shape index (κ2) is 4.58. The normalized spacial score (nSPS) is 35.2. The highest BCUT2D eigenvalue weighted by atomic mass is 16.2. The Balaban J connectivity index is 1.66. The molecule has 0 radical (unpaired) electrons. The molecule has 3 rings (SSSR count). The van der Waals surface area contributed by atoms with E-state index in [4.69, 9.17) is 0 Å². The van der Waals surface area contributed by atoms with Gasteiger partial charge >= 0.3 is 0 Å². The van der Waals surface area contributed by atoms with Crippen molar-refractivity contribution in [3.05, 3.63) is 0 Å². The molecule has 4 nitrogen and oxygen atoms in total. The third-order valence-corrected chi connectivity index (χ3v) is 4.70. The summed E-state index contributed by atoms with van der Waals surface area (Å²) in [5.74, 6) is 0.750. The lowest BCUT2D eigenvalue weighted by Gasteiger charge is -2.39. The van der Waals surface area contributed by atoms with Crippen molar-refractivity contribution < 1.29 is 4.79 Å². The van der Waals surface area contributed by atoms with E-state index in [1.54, 1.807) is 0 Å². The molecule has 3 aliphatic heterocycles. The first kappa shape index (κ1) is 11.5. The van der Waals surface area contributed by atoms with Gasteiger partial charge in [-0.1, -0.05) is 0 Å². The lowest BCUT2D eigenvalue weighted by Crippen LogP contribution is -2.56. The molecule has 0 aromatic rings. The first-order valence-electron chi connectivity index (χ1n) is 6.97. The Kier molecular flexibility index (Phi) is 3.09. The van der Waals surface area contributed by atoms with Crippen molar-refractivity contribution in [3.63, 3.8) is 0 Å². The number of nitrogens with one attached hydrogen (secondary N) is 1. The zero-order chi connectivity index (χ0) is 11.8. The molecule has 3 fully saturated rings. The van der Waals surface area contributed by atoms with Crippen LogP contribution in [0, 0.1) is 5.92 Å². The summed E-state index contributed by atoms with van der Waals surface area (Å²) >= 11 is 0. The third kappa shape index (κ3) is 2.08. The van der Waals surface area contributed by atoms with Crippen LogP contribution in [0.5, 0.6) is 0 Å². The largest absolute Gasteiger partial charge is 0.334 e. The molecule has 0 aromatic carbocycles. The monoisotopic (exact) mass is 237 g/mol. The minimum atomic E-state index is 0.299. The Bertz CT molecular complexity index is 283. The molecule has 2 atom stereocenters. The summed E-state index contributed by atoms with van der Waals surface area (Å²) in [6, 6.07) is 0.974. The predicted molar refractivity (Wildman–Crippen MR) is 66.7 cm³/mol. The van der Waals surface area contributed by atoms with Crippen LogP contribution in [0.3, 0.4) is 0 Å². The molecule has 0 aliphatic carbocycles. The number of likely N-dealkylation sites (tertiary alicyclic amines) is 1. The number of nitrogens with zero attached hydrogens (tertiary/aromatic N) is 2. The zero-order valence-electron chi connectivity index (χ0n) is 10.7. The average Bonchev–Trinajstić information content (AvgIpc) is 2.59. The van der Waals surface area contributed by atoms with Crippen molar-refractivity contribution in [2.45, 2.75) is 37.8 Å². The number of fused-ring (bicyclic) bond motifs is 2. The number of carbonyl (C=O) groups is 1. The van der Waals surface area contributed by atoms with Gasteiger partial charge < -0.3 is 15.1 Å². The minimum Gasteiger partial charge on any atom is -0.334 e. The van der Waals surface area contributed by atoms with Gasteiger partial charge in [-0.2, -0.15) is 0 Å². The second-order valence-corrected chi connectivity index (χ2v) is 5.87. The zero-order valence-corrected chi connectivity index (χ0v) is 10.7. The summed E-state index contributed by atoms with van der Waals surface area (Å²) < 4.78 is 0. The number of rotatable bonds is 1. The van der Waals surface area contributed by atoms with Crippen molar-refractivity contribution in [3.8, 4) is 0 Å². The fourth-order valence-electron chi connectivity index (χ4n) is 3.60. The molecule has 3 aliphatic rings. The number of hydrogen-bond acceptors (Lipinski definition) is 3. The van der Waals surface area contributed by atoms with Gasteiger partial charge in [0.25, 0.3) is 0 Å². The molecule has 4 heteroatoms. The Morgan fingerprint density at radius 3 is 2.24 bits per heavy atom. The fourth-order valence-corrected chi connectivity index (χ4v) is 3.60. The highest BCUT2D eigenvalue weighted by molar-refractivity contribution is 5.80. The van der Waals surface area contributed by atoms with E-state index in [1.165, 1.54) is 12.8 Å². The summed E-state index contributed by atoms with van der Waals surface area (Å²) in [7, 11) is 2.15. The molecule has 2 bridgehead atoms. The Hall–Kier alpha value is -0.610. The summed E-state index contributed by atoms with van der Waals surface area (Å²) in [5, 5.41) is 3.44. The number of hydrogen-bond donors (Lipinski definition) is 1. The van der Waals surface area contributed by atoms with Gasteiger partial charge in [0.15, 0.2) is 0 Å². The van der Waals surface area contributed by atoms with Crippen LogP contribution in [0.25, 0.3) is 0 Å². The highest BCUT2D eigenvalue weighted by Gasteiger charge is 2.41. The number of piperidine rings is 1. The quantitative estimate of drug-likeness (QED) is 0.712. The van der Waals surface area contributed by atoms with Crippen molar-refractivity contribution in [1.82, 2.24) is 15.1 Å². The highest BCUT2D eigenvalue weighted by Crippen LogP contribution is 2.30. The fraction of sp³-hybridized carbons (Fsp3) is 0.923. The third-order valence-electron chi connectivity index (χ3n) is 4.70. The standard InChI is InChI=1S/C13H23N3O/c1-15-6-4-10(5-7-15)13(17)16-11-2-3-12(16)9-14-8-11/h10-12,14H,2-9H2,1H3. The Morgan fingerprint density at radius 1 is 1.06 bits per heavy atom. The molecular formula is C13H23N3O. The van der Waals surface area contributed by atoms with Crippen molar-refractivity contribution in [2.24, 2.45) is 5.92 Å². The molecule has 17 heavy (non-hydrogen) atoms. The van der Waals surface area contributed by atoms with E-state index in [-0.39, 0.29) is 0 Å². The second-order valence-electron chi connectivity index (χ2n) is 5.87. The van der Waals surface area contributed by atoms with Gasteiger partial charge in [-0.25, -0.2) is 0 Å². The van der Waals surface area contributed by atoms with Gasteiger partial charge in [0.1, 0.15) is 0 Å². The first-order valence-corrected chi connectivity index (χ1v) is 6.97. The van der Waals surface area contributed by atoms with Crippen LogP contribution in [0.2, 0.25) is 0 Å². The maximum Gasteiger partial charge on any atom is 0.226 e. The topological polar surface area (TPSA) is 35.6 Å². The van der Waals surface area contributed by atoms with Crippen LogP contribution >= 0.6 is 0 Å². The van der Waals surface area contributed by atoms with Crippen molar-refractivity contribution >= 4 is 5.91 Å². The smallest absolute Gasteiger partial charge is 0.226 e. The van der Waals surface area contributed by atoms with E-state index in [2.05, 4.69) is 22.2 Å². The first-order chi connectivity index (χ1) is 8.25. The minimum absolute atomic E-state index is 0.299. The van der Waals surface area contributed by atoms with Gasteiger partial charge in [-0.05, 0) is 45.8 Å². The van der Waals surface area contributed by atoms with Crippen LogP contribution in [0.1, 0.15) is 25.7 Å². The van der Waals surface area contributed by atoms with Gasteiger partial charge in [0, 0.05) is 31.1 Å². The van der Waals surface area contributed by atoms with E-state index in [9.17, 15) is 4.79 Å². The van der Waals surface area contributed by atoms with Crippen LogP contribution in [0.4, 0.5) is 0 Å². The van der Waals surface area contributed by atoms with Crippen LogP contribution < -0.4 is 5.32 Å². The van der Waals surface area contributed by atoms with Crippen LogP contribution in [-0.2, 0) is 4.79 Å². The van der Waals surface area contributed by atoms with Gasteiger partial charge in [-0.15, -0.1) is 0 Å². The molecule has 3 saturated heterocycles. The SMILES string of the molecule is CN1CCC(C(=O)N2C3CCC2CNC3)CC1. The van der Waals surface area contributed by atoms with E-state index in [1.807, 2.05) is 0 Å². The van der Waals surface area contributed by atoms with E-state index in [0.717, 1.165) is 39.0 Å².